The minimum Gasteiger partial charge on any atom is -0.390 e. The van der Waals surface area contributed by atoms with Crippen LogP contribution in [0.5, 0.6) is 0 Å². The summed E-state index contributed by atoms with van der Waals surface area (Å²) in [5.41, 5.74) is -2.28. The summed E-state index contributed by atoms with van der Waals surface area (Å²) >= 11 is 0. The summed E-state index contributed by atoms with van der Waals surface area (Å²) in [5.74, 6) is -1.17. The van der Waals surface area contributed by atoms with Crippen molar-refractivity contribution in [3.63, 3.8) is 0 Å². The van der Waals surface area contributed by atoms with E-state index in [1.165, 1.54) is 0 Å². The molecule has 2 saturated heterocycles. The van der Waals surface area contributed by atoms with Gasteiger partial charge in [0.25, 0.3) is 0 Å². The van der Waals surface area contributed by atoms with E-state index in [0.29, 0.717) is 25.7 Å². The van der Waals surface area contributed by atoms with Crippen molar-refractivity contribution in [3.8, 4) is 0 Å². The number of allylic oxidation sites excluding steroid dienone is 1. The first-order valence-electron chi connectivity index (χ1n) is 15.7. The maximum atomic E-state index is 13.8. The molecule has 0 spiro atoms. The number of fused-ring (bicyclic) bond motifs is 6. The summed E-state index contributed by atoms with van der Waals surface area (Å²) < 4.78 is 25.8. The number of ether oxygens (including phenoxy) is 4. The van der Waals surface area contributed by atoms with Gasteiger partial charge in [0, 0.05) is 11.3 Å². The highest BCUT2D eigenvalue weighted by Gasteiger charge is 2.71. The molecule has 40 heavy (non-hydrogen) atoms. The predicted octanol–water partition coefficient (Wildman–Crippen LogP) is 5.45. The maximum Gasteiger partial charge on any atom is 0.164 e. The van der Waals surface area contributed by atoms with Crippen LogP contribution in [0.3, 0.4) is 0 Å². The molecule has 0 aromatic carbocycles. The fourth-order valence-corrected chi connectivity index (χ4v) is 10.5. The van der Waals surface area contributed by atoms with Gasteiger partial charge in [-0.25, -0.2) is 0 Å². The molecule has 7 nitrogen and oxygen atoms in total. The average Bonchev–Trinajstić information content (AvgIpc) is 3.34. The van der Waals surface area contributed by atoms with Gasteiger partial charge in [-0.05, 0) is 129 Å². The molecule has 5 fully saturated rings. The Hall–Kier alpha value is -0.830. The minimum absolute atomic E-state index is 0.0237. The van der Waals surface area contributed by atoms with E-state index < -0.39 is 33.8 Å². The number of ketones is 1. The van der Waals surface area contributed by atoms with Crippen LogP contribution in [0.25, 0.3) is 0 Å². The van der Waals surface area contributed by atoms with Crippen molar-refractivity contribution in [2.45, 2.75) is 160 Å². The second-order valence-electron chi connectivity index (χ2n) is 16.3. The highest BCUT2D eigenvalue weighted by molar-refractivity contribution is 5.95. The van der Waals surface area contributed by atoms with Crippen LogP contribution in [0, 0.1) is 28.6 Å². The Morgan fingerprint density at radius 3 is 2.27 bits per heavy atom. The lowest BCUT2D eigenvalue weighted by Gasteiger charge is -2.60. The van der Waals surface area contributed by atoms with Crippen LogP contribution >= 0.6 is 0 Å². The van der Waals surface area contributed by atoms with Crippen molar-refractivity contribution in [3.05, 3.63) is 11.6 Å². The van der Waals surface area contributed by atoms with Crippen LogP contribution in [0.2, 0.25) is 0 Å². The van der Waals surface area contributed by atoms with E-state index in [0.717, 1.165) is 31.3 Å². The standard InChI is InChI=1S/C33H52O7/c1-27(2,35)13-12-26-32(9,40-29(5,6)39-26)25-11-15-33(36)20-16-22(34)21-17-23-24(38-28(3,4)37-23)18-30(21,7)19(20)10-14-31(25,33)8/h16,19,21,23-26,35-36H,10-15,17-18H2,1-9H3/t19-,21-,23+,24-,25-,26+,30?,31?,32+,33+/m0/s1. The van der Waals surface area contributed by atoms with Gasteiger partial charge < -0.3 is 29.2 Å². The molecule has 10 atom stereocenters. The van der Waals surface area contributed by atoms with Gasteiger partial charge in [0.1, 0.15) is 0 Å². The molecule has 0 aromatic heterocycles. The molecule has 7 heteroatoms. The Labute approximate surface area is 240 Å². The van der Waals surface area contributed by atoms with E-state index in [1.54, 1.807) is 0 Å². The number of hydrogen-bond acceptors (Lipinski definition) is 7. The molecule has 2 aliphatic heterocycles. The monoisotopic (exact) mass is 560 g/mol. The number of carbonyl (C=O) groups excluding carboxylic acids is 1. The lowest BCUT2D eigenvalue weighted by atomic mass is 9.45. The molecule has 2 heterocycles. The second-order valence-corrected chi connectivity index (χ2v) is 16.3. The molecule has 226 valence electrons. The maximum absolute atomic E-state index is 13.8. The summed E-state index contributed by atoms with van der Waals surface area (Å²) in [7, 11) is 0. The number of rotatable bonds is 4. The van der Waals surface area contributed by atoms with Crippen LogP contribution in [0.15, 0.2) is 11.6 Å². The van der Waals surface area contributed by atoms with Gasteiger partial charge in [-0.2, -0.15) is 0 Å². The van der Waals surface area contributed by atoms with Gasteiger partial charge in [-0.15, -0.1) is 0 Å². The van der Waals surface area contributed by atoms with E-state index in [-0.39, 0.29) is 47.3 Å². The van der Waals surface area contributed by atoms with E-state index in [1.807, 2.05) is 47.6 Å². The van der Waals surface area contributed by atoms with Crippen LogP contribution < -0.4 is 0 Å². The normalized spacial score (nSPS) is 51.1. The largest absolute Gasteiger partial charge is 0.390 e. The second kappa shape index (κ2) is 8.63. The summed E-state index contributed by atoms with van der Waals surface area (Å²) in [4.78, 5) is 13.8. The Morgan fingerprint density at radius 2 is 1.60 bits per heavy atom. The van der Waals surface area contributed by atoms with E-state index >= 15 is 0 Å². The van der Waals surface area contributed by atoms with Crippen molar-refractivity contribution >= 4 is 5.78 Å². The molecule has 2 N–H and O–H groups in total. The zero-order chi connectivity index (χ0) is 29.3. The van der Waals surface area contributed by atoms with Gasteiger partial charge in [0.05, 0.1) is 35.1 Å². The van der Waals surface area contributed by atoms with Crippen molar-refractivity contribution in [1.82, 2.24) is 0 Å². The third-order valence-electron chi connectivity index (χ3n) is 12.2. The summed E-state index contributed by atoms with van der Waals surface area (Å²) in [5, 5.41) is 23.3. The third-order valence-corrected chi connectivity index (χ3v) is 12.2. The van der Waals surface area contributed by atoms with E-state index in [9.17, 15) is 15.0 Å². The molecule has 3 saturated carbocycles. The fourth-order valence-electron chi connectivity index (χ4n) is 10.5. The Kier molecular flexibility index (Phi) is 6.31. The van der Waals surface area contributed by atoms with Gasteiger partial charge in [-0.1, -0.05) is 13.8 Å². The van der Waals surface area contributed by atoms with Gasteiger partial charge in [0.15, 0.2) is 17.4 Å². The highest BCUT2D eigenvalue weighted by atomic mass is 16.8. The molecule has 6 rings (SSSR count). The SMILES string of the molecule is CC(C)(O)CC[C@H]1OC(C)(C)O[C@]1(C)[C@H]1CC[C@@]2(O)C3=CC(=O)[C@@H]4C[C@H]5OC(C)(C)O[C@H]5CC4(C)[C@H]3CCC12C. The third kappa shape index (κ3) is 4.16. The van der Waals surface area contributed by atoms with Crippen molar-refractivity contribution in [1.29, 1.82) is 0 Å². The summed E-state index contributed by atoms with van der Waals surface area (Å²) in [6.45, 7) is 18.2. The van der Waals surface area contributed by atoms with E-state index in [4.69, 9.17) is 18.9 Å². The Morgan fingerprint density at radius 1 is 0.925 bits per heavy atom. The first-order chi connectivity index (χ1) is 18.2. The molecule has 4 aliphatic carbocycles. The van der Waals surface area contributed by atoms with E-state index in [2.05, 4.69) is 20.8 Å². The topological polar surface area (TPSA) is 94.5 Å². The molecule has 2 unspecified atom stereocenters. The molecular weight excluding hydrogens is 508 g/mol. The Balaban J connectivity index is 1.33. The van der Waals surface area contributed by atoms with Gasteiger partial charge in [-0.3, -0.25) is 4.79 Å². The van der Waals surface area contributed by atoms with Gasteiger partial charge in [0.2, 0.25) is 0 Å². The zero-order valence-corrected chi connectivity index (χ0v) is 26.1. The van der Waals surface area contributed by atoms with Crippen LogP contribution in [0.1, 0.15) is 114 Å². The lowest BCUT2D eigenvalue weighted by molar-refractivity contribution is -0.190. The first-order valence-corrected chi connectivity index (χ1v) is 15.7. The molecular formula is C33H52O7. The van der Waals surface area contributed by atoms with Crippen LogP contribution in [-0.4, -0.2) is 62.7 Å². The predicted molar refractivity (Wildman–Crippen MR) is 150 cm³/mol. The lowest BCUT2D eigenvalue weighted by Crippen LogP contribution is -2.62. The number of aliphatic hydroxyl groups is 2. The molecule has 0 radical (unpaired) electrons. The number of hydrogen-bond donors (Lipinski definition) is 2. The van der Waals surface area contributed by atoms with Crippen molar-refractivity contribution in [2.24, 2.45) is 28.6 Å². The summed E-state index contributed by atoms with van der Waals surface area (Å²) in [6.07, 6.45) is 7.51. The molecule has 0 aromatic rings. The quantitative estimate of drug-likeness (QED) is 0.472. The van der Waals surface area contributed by atoms with Crippen molar-refractivity contribution < 1.29 is 34.0 Å². The van der Waals surface area contributed by atoms with Crippen LogP contribution in [-0.2, 0) is 23.7 Å². The minimum atomic E-state index is -1.08. The smallest absolute Gasteiger partial charge is 0.164 e. The molecule has 6 aliphatic rings. The Bertz CT molecular complexity index is 1100. The molecule has 0 bridgehead atoms. The highest BCUT2D eigenvalue weighted by Crippen LogP contribution is 2.70. The van der Waals surface area contributed by atoms with Crippen LogP contribution in [0.4, 0.5) is 0 Å². The first kappa shape index (κ1) is 29.3. The summed E-state index contributed by atoms with van der Waals surface area (Å²) in [6, 6.07) is 0. The van der Waals surface area contributed by atoms with Gasteiger partial charge >= 0.3 is 0 Å². The molecule has 0 amide bonds. The number of carbonyl (C=O) groups is 1. The van der Waals surface area contributed by atoms with Crippen molar-refractivity contribution in [2.75, 3.05) is 0 Å². The fraction of sp³-hybridized carbons (Fsp3) is 0.909. The zero-order valence-electron chi connectivity index (χ0n) is 26.1. The average molecular weight is 561 g/mol.